The van der Waals surface area contributed by atoms with Gasteiger partial charge in [-0.1, -0.05) is 20.8 Å². The number of rotatable bonds is 2. The summed E-state index contributed by atoms with van der Waals surface area (Å²) in [4.78, 5) is 20.0. The zero-order chi connectivity index (χ0) is 9.28. The highest BCUT2D eigenvalue weighted by atomic mass is 31.2. The number of ketones is 1. The van der Waals surface area contributed by atoms with Gasteiger partial charge in [0, 0.05) is 12.1 Å². The Bertz CT molecular complexity index is 196. The molecule has 0 aromatic rings. The van der Waals surface area contributed by atoms with Gasteiger partial charge in [0.25, 0.3) is 0 Å². The predicted octanol–water partition coefficient (Wildman–Crippen LogP) is 1.50. The van der Waals surface area contributed by atoms with Crippen molar-refractivity contribution < 1.29 is 14.3 Å². The number of Topliss-reactive ketones (excluding diaryl/α,β-unsaturated/α-hetero) is 1. The van der Waals surface area contributed by atoms with Crippen molar-refractivity contribution in [2.75, 3.05) is 12.8 Å². The zero-order valence-corrected chi connectivity index (χ0v) is 8.31. The van der Waals surface area contributed by atoms with Crippen LogP contribution in [0.4, 0.5) is 0 Å². The van der Waals surface area contributed by atoms with Gasteiger partial charge in [-0.05, 0) is 0 Å². The van der Waals surface area contributed by atoms with Crippen LogP contribution in [0.2, 0.25) is 0 Å². The van der Waals surface area contributed by atoms with E-state index in [1.54, 1.807) is 20.8 Å². The summed E-state index contributed by atoms with van der Waals surface area (Å²) in [5, 5.41) is 0. The van der Waals surface area contributed by atoms with Crippen molar-refractivity contribution in [3.05, 3.63) is 0 Å². The van der Waals surface area contributed by atoms with Gasteiger partial charge in [-0.25, -0.2) is 0 Å². The van der Waals surface area contributed by atoms with Gasteiger partial charge in [0.2, 0.25) is 7.37 Å². The molecule has 0 saturated carbocycles. The van der Waals surface area contributed by atoms with Gasteiger partial charge in [0.15, 0.2) is 0 Å². The molecule has 0 heterocycles. The molecule has 1 unspecified atom stereocenters. The first-order chi connectivity index (χ1) is 4.63. The third-order valence-corrected chi connectivity index (χ3v) is 2.15. The summed E-state index contributed by atoms with van der Waals surface area (Å²) in [6.07, 6.45) is -0.212. The Morgan fingerprint density at radius 2 is 1.82 bits per heavy atom. The summed E-state index contributed by atoms with van der Waals surface area (Å²) in [5.74, 6) is -0.161. The second-order valence-corrected chi connectivity index (χ2v) is 6.30. The molecule has 0 spiro atoms. The molecule has 0 rings (SSSR count). The topological polar surface area (TPSA) is 54.4 Å². The van der Waals surface area contributed by atoms with E-state index in [-0.39, 0.29) is 11.9 Å². The lowest BCUT2D eigenvalue weighted by molar-refractivity contribution is -0.123. The first-order valence-corrected chi connectivity index (χ1v) is 5.75. The van der Waals surface area contributed by atoms with Crippen molar-refractivity contribution in [1.82, 2.24) is 0 Å². The van der Waals surface area contributed by atoms with E-state index in [4.69, 9.17) is 4.89 Å². The molecule has 0 radical (unpaired) electrons. The molecule has 0 aliphatic carbocycles. The van der Waals surface area contributed by atoms with Crippen molar-refractivity contribution in [2.24, 2.45) is 5.41 Å². The molecule has 3 nitrogen and oxygen atoms in total. The highest BCUT2D eigenvalue weighted by Crippen LogP contribution is 2.37. The molecule has 66 valence electrons. The summed E-state index contributed by atoms with van der Waals surface area (Å²) in [6, 6.07) is 0. The fourth-order valence-corrected chi connectivity index (χ4v) is 1.51. The highest BCUT2D eigenvalue weighted by molar-refractivity contribution is 7.58. The molecule has 0 aliphatic rings. The maximum atomic E-state index is 11.1. The third kappa shape index (κ3) is 5.16. The fraction of sp³-hybridized carbons (Fsp3) is 0.857. The fourth-order valence-electron chi connectivity index (χ4n) is 0.504. The van der Waals surface area contributed by atoms with Crippen LogP contribution in [0, 0.1) is 5.41 Å². The average Bonchev–Trinajstić information content (AvgIpc) is 1.56. The van der Waals surface area contributed by atoms with Gasteiger partial charge < -0.3 is 4.89 Å². The van der Waals surface area contributed by atoms with Gasteiger partial charge in [-0.2, -0.15) is 0 Å². The van der Waals surface area contributed by atoms with Crippen LogP contribution < -0.4 is 0 Å². The molecule has 0 bridgehead atoms. The number of hydrogen-bond acceptors (Lipinski definition) is 2. The molecule has 0 aromatic heterocycles. The number of carbonyl (C=O) groups excluding carboxylic acids is 1. The van der Waals surface area contributed by atoms with E-state index in [0.29, 0.717) is 0 Å². The standard InChI is InChI=1S/C7H15O3P/c1-7(2,3)6(8)5-11(4,9)10/h5H2,1-4H3,(H,9,10). The van der Waals surface area contributed by atoms with Crippen LogP contribution in [0.1, 0.15) is 20.8 Å². The predicted molar refractivity (Wildman–Crippen MR) is 45.1 cm³/mol. The lowest BCUT2D eigenvalue weighted by Gasteiger charge is -2.17. The Balaban J connectivity index is 4.23. The Labute approximate surface area is 67.3 Å². The summed E-state index contributed by atoms with van der Waals surface area (Å²) in [7, 11) is -3.17. The maximum absolute atomic E-state index is 11.1. The lowest BCUT2D eigenvalue weighted by Crippen LogP contribution is -2.23. The Kier molecular flexibility index (Phi) is 3.04. The molecular formula is C7H15O3P. The second kappa shape index (κ2) is 3.08. The zero-order valence-electron chi connectivity index (χ0n) is 7.42. The van der Waals surface area contributed by atoms with Crippen LogP contribution in [-0.2, 0) is 9.36 Å². The van der Waals surface area contributed by atoms with Crippen molar-refractivity contribution in [3.8, 4) is 0 Å². The van der Waals surface area contributed by atoms with Crippen LogP contribution >= 0.6 is 7.37 Å². The monoisotopic (exact) mass is 178 g/mol. The van der Waals surface area contributed by atoms with Crippen LogP contribution in [0.15, 0.2) is 0 Å². The molecule has 4 heteroatoms. The normalized spacial score (nSPS) is 17.5. The quantitative estimate of drug-likeness (QED) is 0.652. The van der Waals surface area contributed by atoms with E-state index in [0.717, 1.165) is 0 Å². The van der Waals surface area contributed by atoms with E-state index in [1.165, 1.54) is 6.66 Å². The van der Waals surface area contributed by atoms with E-state index >= 15 is 0 Å². The molecule has 0 amide bonds. The van der Waals surface area contributed by atoms with Crippen molar-refractivity contribution in [1.29, 1.82) is 0 Å². The Morgan fingerprint density at radius 1 is 1.45 bits per heavy atom. The average molecular weight is 178 g/mol. The van der Waals surface area contributed by atoms with E-state index in [1.807, 2.05) is 0 Å². The van der Waals surface area contributed by atoms with Gasteiger partial charge >= 0.3 is 0 Å². The molecular weight excluding hydrogens is 163 g/mol. The van der Waals surface area contributed by atoms with Gasteiger partial charge in [0.05, 0.1) is 6.16 Å². The molecule has 1 N–H and O–H groups in total. The van der Waals surface area contributed by atoms with Gasteiger partial charge in [-0.15, -0.1) is 0 Å². The van der Waals surface area contributed by atoms with Gasteiger partial charge in [-0.3, -0.25) is 9.36 Å². The third-order valence-electron chi connectivity index (χ3n) is 1.27. The smallest absolute Gasteiger partial charge is 0.204 e. The molecule has 0 saturated heterocycles. The van der Waals surface area contributed by atoms with Crippen LogP contribution in [0.25, 0.3) is 0 Å². The summed E-state index contributed by atoms with van der Waals surface area (Å²) >= 11 is 0. The SMILES string of the molecule is CC(C)(C)C(=O)CP(C)(=O)O. The Hall–Kier alpha value is -0.140. The highest BCUT2D eigenvalue weighted by Gasteiger charge is 2.26. The van der Waals surface area contributed by atoms with Crippen LogP contribution in [0.3, 0.4) is 0 Å². The molecule has 0 aromatic carbocycles. The molecule has 0 aliphatic heterocycles. The number of carbonyl (C=O) groups is 1. The van der Waals surface area contributed by atoms with E-state index < -0.39 is 12.8 Å². The summed E-state index contributed by atoms with van der Waals surface area (Å²) in [5.41, 5.74) is -0.506. The van der Waals surface area contributed by atoms with Crippen LogP contribution in [0.5, 0.6) is 0 Å². The maximum Gasteiger partial charge on any atom is 0.204 e. The van der Waals surface area contributed by atoms with Crippen LogP contribution in [-0.4, -0.2) is 23.5 Å². The minimum Gasteiger partial charge on any atom is -0.344 e. The van der Waals surface area contributed by atoms with Crippen molar-refractivity contribution in [2.45, 2.75) is 20.8 Å². The first-order valence-electron chi connectivity index (χ1n) is 3.45. The summed E-state index contributed by atoms with van der Waals surface area (Å²) in [6.45, 7) is 6.43. The summed E-state index contributed by atoms with van der Waals surface area (Å²) < 4.78 is 10.8. The number of hydrogen-bond donors (Lipinski definition) is 1. The van der Waals surface area contributed by atoms with Crippen molar-refractivity contribution in [3.63, 3.8) is 0 Å². The molecule has 1 atom stereocenters. The molecule has 0 fully saturated rings. The molecule has 11 heavy (non-hydrogen) atoms. The largest absolute Gasteiger partial charge is 0.344 e. The van der Waals surface area contributed by atoms with E-state index in [9.17, 15) is 9.36 Å². The van der Waals surface area contributed by atoms with E-state index in [2.05, 4.69) is 0 Å². The minimum absolute atomic E-state index is 0.161. The minimum atomic E-state index is -3.17. The lowest BCUT2D eigenvalue weighted by atomic mass is 9.92. The second-order valence-electron chi connectivity index (χ2n) is 3.88. The van der Waals surface area contributed by atoms with Crippen molar-refractivity contribution >= 4 is 13.2 Å². The first kappa shape index (κ1) is 10.9. The Morgan fingerprint density at radius 3 is 1.91 bits per heavy atom. The van der Waals surface area contributed by atoms with Gasteiger partial charge in [0.1, 0.15) is 5.78 Å².